The molecule has 2 aromatic rings. The van der Waals surface area contributed by atoms with Crippen molar-refractivity contribution in [2.75, 3.05) is 0 Å². The average molecular weight is 302 g/mol. The highest BCUT2D eigenvalue weighted by Crippen LogP contribution is 2.14. The minimum absolute atomic E-state index is 0.198. The third kappa shape index (κ3) is 3.30. The van der Waals surface area contributed by atoms with E-state index < -0.39 is 17.9 Å². The van der Waals surface area contributed by atoms with Gasteiger partial charge in [-0.15, -0.1) is 0 Å². The van der Waals surface area contributed by atoms with Crippen LogP contribution in [0.4, 0.5) is 0 Å². The van der Waals surface area contributed by atoms with Crippen LogP contribution in [0, 0.1) is 12.8 Å². The van der Waals surface area contributed by atoms with Crippen molar-refractivity contribution < 1.29 is 14.7 Å². The lowest BCUT2D eigenvalue weighted by molar-refractivity contribution is -0.140. The van der Waals surface area contributed by atoms with Gasteiger partial charge in [0.05, 0.1) is 5.69 Å². The number of amides is 1. The van der Waals surface area contributed by atoms with E-state index in [-0.39, 0.29) is 5.92 Å². The number of rotatable bonds is 5. The molecule has 1 amide bonds. The van der Waals surface area contributed by atoms with Gasteiger partial charge in [-0.25, -0.2) is 14.5 Å². The molecule has 7 heteroatoms. The van der Waals surface area contributed by atoms with Gasteiger partial charge in [0.15, 0.2) is 0 Å². The van der Waals surface area contributed by atoms with Gasteiger partial charge in [-0.1, -0.05) is 13.8 Å². The Labute approximate surface area is 128 Å². The lowest BCUT2D eigenvalue weighted by atomic mass is 10.0. The molecule has 0 unspecified atom stereocenters. The first-order chi connectivity index (χ1) is 10.4. The van der Waals surface area contributed by atoms with Crippen LogP contribution < -0.4 is 5.32 Å². The van der Waals surface area contributed by atoms with Crippen LogP contribution in [0.1, 0.15) is 29.8 Å². The van der Waals surface area contributed by atoms with E-state index >= 15 is 0 Å². The number of nitrogens with zero attached hydrogens (tertiary/aromatic N) is 3. The SMILES string of the molecule is Cc1cc(-n2cncn2)ccc1C(=O)N[C@@H](C(=O)O)C(C)C. The minimum Gasteiger partial charge on any atom is -0.480 e. The van der Waals surface area contributed by atoms with Crippen molar-refractivity contribution in [3.05, 3.63) is 42.0 Å². The Balaban J connectivity index is 2.22. The summed E-state index contributed by atoms with van der Waals surface area (Å²) < 4.78 is 1.59. The third-order valence-corrected chi connectivity index (χ3v) is 3.36. The second-order valence-electron chi connectivity index (χ2n) is 5.37. The fraction of sp³-hybridized carbons (Fsp3) is 0.333. The molecule has 0 bridgehead atoms. The van der Waals surface area contributed by atoms with Crippen molar-refractivity contribution in [2.45, 2.75) is 26.8 Å². The molecule has 0 radical (unpaired) electrons. The largest absolute Gasteiger partial charge is 0.480 e. The number of carboxylic acid groups (broad SMARTS) is 1. The molecule has 2 rings (SSSR count). The summed E-state index contributed by atoms with van der Waals surface area (Å²) in [5, 5.41) is 15.7. The van der Waals surface area contributed by atoms with E-state index in [4.69, 9.17) is 5.11 Å². The molecular weight excluding hydrogens is 284 g/mol. The van der Waals surface area contributed by atoms with Crippen LogP contribution in [0.2, 0.25) is 0 Å². The van der Waals surface area contributed by atoms with Crippen LogP contribution in [0.15, 0.2) is 30.9 Å². The topological polar surface area (TPSA) is 97.1 Å². The van der Waals surface area contributed by atoms with E-state index in [0.717, 1.165) is 11.3 Å². The van der Waals surface area contributed by atoms with E-state index in [1.807, 2.05) is 0 Å². The number of carboxylic acids is 1. The van der Waals surface area contributed by atoms with Crippen LogP contribution in [0.25, 0.3) is 5.69 Å². The molecule has 1 atom stereocenters. The molecule has 0 fully saturated rings. The van der Waals surface area contributed by atoms with Crippen LogP contribution in [0.5, 0.6) is 0 Å². The number of nitrogens with one attached hydrogen (secondary N) is 1. The van der Waals surface area contributed by atoms with E-state index in [0.29, 0.717) is 5.56 Å². The summed E-state index contributed by atoms with van der Waals surface area (Å²) in [6.07, 6.45) is 2.99. The predicted octanol–water partition coefficient (Wildman–Crippen LogP) is 1.41. The van der Waals surface area contributed by atoms with E-state index in [1.165, 1.54) is 6.33 Å². The van der Waals surface area contributed by atoms with Gasteiger partial charge < -0.3 is 10.4 Å². The van der Waals surface area contributed by atoms with Gasteiger partial charge in [0, 0.05) is 5.56 Å². The Morgan fingerprint density at radius 1 is 1.32 bits per heavy atom. The van der Waals surface area contributed by atoms with Crippen LogP contribution >= 0.6 is 0 Å². The summed E-state index contributed by atoms with van der Waals surface area (Å²) in [4.78, 5) is 27.3. The highest BCUT2D eigenvalue weighted by molar-refractivity contribution is 5.98. The van der Waals surface area contributed by atoms with Gasteiger partial charge in [-0.05, 0) is 36.6 Å². The molecule has 0 spiro atoms. The number of carbonyl (C=O) groups excluding carboxylic acids is 1. The number of carbonyl (C=O) groups is 2. The molecule has 0 aliphatic rings. The summed E-state index contributed by atoms with van der Waals surface area (Å²) in [5.74, 6) is -1.64. The van der Waals surface area contributed by atoms with Crippen molar-refractivity contribution in [1.29, 1.82) is 0 Å². The first-order valence-electron chi connectivity index (χ1n) is 6.89. The van der Waals surface area contributed by atoms with Crippen molar-refractivity contribution in [1.82, 2.24) is 20.1 Å². The molecule has 2 N–H and O–H groups in total. The average Bonchev–Trinajstić information content (AvgIpc) is 2.97. The number of hydrogen-bond acceptors (Lipinski definition) is 4. The summed E-state index contributed by atoms with van der Waals surface area (Å²) in [6, 6.07) is 4.28. The molecule has 7 nitrogen and oxygen atoms in total. The maximum absolute atomic E-state index is 12.3. The monoisotopic (exact) mass is 302 g/mol. The number of hydrogen-bond donors (Lipinski definition) is 2. The Hall–Kier alpha value is -2.70. The zero-order valence-electron chi connectivity index (χ0n) is 12.6. The second kappa shape index (κ2) is 6.38. The van der Waals surface area contributed by atoms with Gasteiger partial charge in [-0.3, -0.25) is 4.79 Å². The molecule has 1 aromatic heterocycles. The van der Waals surface area contributed by atoms with Gasteiger partial charge >= 0.3 is 5.97 Å². The maximum atomic E-state index is 12.3. The summed E-state index contributed by atoms with van der Waals surface area (Å²) in [5.41, 5.74) is 1.96. The number of aryl methyl sites for hydroxylation is 1. The molecule has 0 aliphatic carbocycles. The summed E-state index contributed by atoms with van der Waals surface area (Å²) >= 11 is 0. The van der Waals surface area contributed by atoms with Gasteiger partial charge in [0.1, 0.15) is 18.7 Å². The molecule has 0 saturated carbocycles. The lowest BCUT2D eigenvalue weighted by Crippen LogP contribution is -2.44. The predicted molar refractivity (Wildman–Crippen MR) is 79.8 cm³/mol. The maximum Gasteiger partial charge on any atom is 0.326 e. The second-order valence-corrected chi connectivity index (χ2v) is 5.37. The van der Waals surface area contributed by atoms with Gasteiger partial charge in [0.2, 0.25) is 0 Å². The van der Waals surface area contributed by atoms with Crippen LogP contribution in [-0.2, 0) is 4.79 Å². The van der Waals surface area contributed by atoms with Crippen molar-refractivity contribution in [2.24, 2.45) is 5.92 Å². The Kier molecular flexibility index (Phi) is 4.55. The Bertz CT molecular complexity index is 680. The molecule has 116 valence electrons. The number of aliphatic carboxylic acids is 1. The zero-order chi connectivity index (χ0) is 16.3. The lowest BCUT2D eigenvalue weighted by Gasteiger charge is -2.18. The Morgan fingerprint density at radius 2 is 2.05 bits per heavy atom. The highest BCUT2D eigenvalue weighted by atomic mass is 16.4. The quantitative estimate of drug-likeness (QED) is 0.870. The van der Waals surface area contributed by atoms with E-state index in [2.05, 4.69) is 15.4 Å². The van der Waals surface area contributed by atoms with Crippen LogP contribution in [-0.4, -0.2) is 37.8 Å². The third-order valence-electron chi connectivity index (χ3n) is 3.36. The van der Waals surface area contributed by atoms with Gasteiger partial charge in [0.25, 0.3) is 5.91 Å². The normalized spacial score (nSPS) is 12.2. The Morgan fingerprint density at radius 3 is 2.55 bits per heavy atom. The molecule has 1 heterocycles. The molecular formula is C15H18N4O3. The first kappa shape index (κ1) is 15.7. The summed E-state index contributed by atoms with van der Waals surface area (Å²) in [7, 11) is 0. The minimum atomic E-state index is -1.04. The molecule has 0 saturated heterocycles. The zero-order valence-corrected chi connectivity index (χ0v) is 12.6. The fourth-order valence-electron chi connectivity index (χ4n) is 2.12. The molecule has 0 aliphatic heterocycles. The van der Waals surface area contributed by atoms with E-state index in [9.17, 15) is 9.59 Å². The molecule has 1 aromatic carbocycles. The summed E-state index contributed by atoms with van der Waals surface area (Å²) in [6.45, 7) is 5.29. The number of benzene rings is 1. The fourth-order valence-corrected chi connectivity index (χ4v) is 2.12. The first-order valence-corrected chi connectivity index (χ1v) is 6.89. The molecule has 22 heavy (non-hydrogen) atoms. The standard InChI is InChI=1S/C15H18N4O3/c1-9(2)13(15(21)22)18-14(20)12-5-4-11(6-10(12)3)19-8-16-7-17-19/h4-9,13H,1-3H3,(H,18,20)(H,21,22)/t13-/m1/s1. The highest BCUT2D eigenvalue weighted by Gasteiger charge is 2.24. The van der Waals surface area contributed by atoms with Crippen molar-refractivity contribution in [3.63, 3.8) is 0 Å². The van der Waals surface area contributed by atoms with Crippen molar-refractivity contribution >= 4 is 11.9 Å². The number of aromatic nitrogens is 3. The van der Waals surface area contributed by atoms with Gasteiger partial charge in [-0.2, -0.15) is 5.10 Å². The smallest absolute Gasteiger partial charge is 0.326 e. The van der Waals surface area contributed by atoms with Crippen LogP contribution in [0.3, 0.4) is 0 Å². The van der Waals surface area contributed by atoms with Crippen molar-refractivity contribution in [3.8, 4) is 5.69 Å². The van der Waals surface area contributed by atoms with E-state index in [1.54, 1.807) is 50.0 Å².